The highest BCUT2D eigenvalue weighted by molar-refractivity contribution is 6.32. The molecular weight excluding hydrogens is 396 g/mol. The third kappa shape index (κ3) is 3.39. The minimum absolute atomic E-state index is 0.0514. The van der Waals surface area contributed by atoms with Crippen LogP contribution in [-0.2, 0) is 6.42 Å². The van der Waals surface area contributed by atoms with E-state index in [9.17, 15) is 4.79 Å². The Morgan fingerprint density at radius 3 is 2.73 bits per heavy atom. The average molecular weight is 419 g/mol. The number of halogens is 1. The Morgan fingerprint density at radius 2 is 1.90 bits per heavy atom. The second-order valence-corrected chi connectivity index (χ2v) is 8.34. The van der Waals surface area contributed by atoms with E-state index in [-0.39, 0.29) is 12.1 Å². The Morgan fingerprint density at radius 1 is 1.07 bits per heavy atom. The van der Waals surface area contributed by atoms with Crippen LogP contribution in [0.1, 0.15) is 18.1 Å². The lowest BCUT2D eigenvalue weighted by Crippen LogP contribution is -2.55. The summed E-state index contributed by atoms with van der Waals surface area (Å²) in [4.78, 5) is 21.4. The normalized spacial score (nSPS) is 17.5. The third-order valence-corrected chi connectivity index (χ3v) is 6.27. The zero-order valence-electron chi connectivity index (χ0n) is 16.8. The van der Waals surface area contributed by atoms with Gasteiger partial charge < -0.3 is 15.1 Å². The first-order valence-electron chi connectivity index (χ1n) is 10.2. The largest absolute Gasteiger partial charge is 0.352 e. The lowest BCUT2D eigenvalue weighted by molar-refractivity contribution is 0.184. The zero-order valence-corrected chi connectivity index (χ0v) is 17.6. The molecule has 0 bridgehead atoms. The van der Waals surface area contributed by atoms with Crippen LogP contribution in [-0.4, -0.2) is 41.6 Å². The van der Waals surface area contributed by atoms with Crippen molar-refractivity contribution in [2.75, 3.05) is 29.9 Å². The molecule has 5 rings (SSSR count). The molecule has 152 valence electrons. The molecule has 30 heavy (non-hydrogen) atoms. The van der Waals surface area contributed by atoms with Gasteiger partial charge in [-0.15, -0.1) is 0 Å². The van der Waals surface area contributed by atoms with Crippen molar-refractivity contribution < 1.29 is 4.79 Å². The lowest BCUT2D eigenvalue weighted by Gasteiger charge is -2.40. The molecule has 1 aliphatic carbocycles. The number of anilines is 2. The second-order valence-electron chi connectivity index (χ2n) is 7.93. The summed E-state index contributed by atoms with van der Waals surface area (Å²) in [6, 6.07) is 18.3. The van der Waals surface area contributed by atoms with Crippen LogP contribution in [0, 0.1) is 0 Å². The van der Waals surface area contributed by atoms with Gasteiger partial charge in [0.05, 0.1) is 5.02 Å². The smallest absolute Gasteiger partial charge is 0.322 e. The fourth-order valence-corrected chi connectivity index (χ4v) is 4.72. The molecule has 1 unspecified atom stereocenters. The van der Waals surface area contributed by atoms with Gasteiger partial charge in [-0.25, -0.2) is 9.78 Å². The van der Waals surface area contributed by atoms with Crippen LogP contribution < -0.4 is 10.2 Å². The number of pyridine rings is 1. The van der Waals surface area contributed by atoms with Gasteiger partial charge >= 0.3 is 6.03 Å². The van der Waals surface area contributed by atoms with Gasteiger partial charge in [-0.1, -0.05) is 41.9 Å². The van der Waals surface area contributed by atoms with Crippen LogP contribution in [0.5, 0.6) is 0 Å². The number of amides is 2. The van der Waals surface area contributed by atoms with E-state index in [4.69, 9.17) is 11.6 Å². The van der Waals surface area contributed by atoms with Gasteiger partial charge in [-0.3, -0.25) is 0 Å². The lowest BCUT2D eigenvalue weighted by atomic mass is 10.1. The molecule has 1 aliphatic heterocycles. The molecule has 1 atom stereocenters. The summed E-state index contributed by atoms with van der Waals surface area (Å²) in [6.07, 6.45) is 2.66. The minimum atomic E-state index is -0.0651. The van der Waals surface area contributed by atoms with Gasteiger partial charge in [0.2, 0.25) is 0 Å². The van der Waals surface area contributed by atoms with Gasteiger partial charge in [0.25, 0.3) is 0 Å². The molecule has 2 heterocycles. The minimum Gasteiger partial charge on any atom is -0.352 e. The van der Waals surface area contributed by atoms with Gasteiger partial charge in [0.1, 0.15) is 5.82 Å². The van der Waals surface area contributed by atoms with Crippen LogP contribution in [0.2, 0.25) is 5.02 Å². The zero-order chi connectivity index (χ0) is 20.7. The van der Waals surface area contributed by atoms with E-state index in [0.29, 0.717) is 24.7 Å². The number of piperazine rings is 1. The molecule has 1 fully saturated rings. The first-order chi connectivity index (χ1) is 14.6. The molecule has 2 aromatic carbocycles. The topological polar surface area (TPSA) is 48.5 Å². The summed E-state index contributed by atoms with van der Waals surface area (Å²) in [7, 11) is 0. The van der Waals surface area contributed by atoms with E-state index in [1.165, 1.54) is 22.3 Å². The highest BCUT2D eigenvalue weighted by Gasteiger charge is 2.29. The molecule has 1 saturated heterocycles. The first-order valence-corrected chi connectivity index (χ1v) is 10.6. The number of aromatic nitrogens is 1. The van der Waals surface area contributed by atoms with Gasteiger partial charge in [0.15, 0.2) is 0 Å². The Bertz CT molecular complexity index is 1120. The summed E-state index contributed by atoms with van der Waals surface area (Å²) in [5.74, 6) is 0.782. The van der Waals surface area contributed by atoms with Crippen molar-refractivity contribution in [1.82, 2.24) is 9.88 Å². The number of carbonyl (C=O) groups is 1. The van der Waals surface area contributed by atoms with E-state index in [0.717, 1.165) is 17.9 Å². The molecule has 2 aliphatic rings. The standard InChI is InChI=1S/C24H23ClN4O/c1-16-15-28(23-22(25)7-4-10-26-23)11-12-29(16)24(30)27-19-8-9-21-18(14-19)13-17-5-2-3-6-20(17)21/h2-10,14,16H,11-13,15H2,1H3,(H,27,30). The van der Waals surface area contributed by atoms with Crippen molar-refractivity contribution in [2.45, 2.75) is 19.4 Å². The van der Waals surface area contributed by atoms with Crippen LogP contribution in [0.25, 0.3) is 11.1 Å². The van der Waals surface area contributed by atoms with Crippen LogP contribution in [0.3, 0.4) is 0 Å². The molecular formula is C24H23ClN4O. The number of benzene rings is 2. The number of fused-ring (bicyclic) bond motifs is 3. The molecule has 0 radical (unpaired) electrons. The predicted molar refractivity (Wildman–Crippen MR) is 121 cm³/mol. The maximum atomic E-state index is 13.0. The molecule has 0 spiro atoms. The number of nitrogens with one attached hydrogen (secondary N) is 1. The van der Waals surface area contributed by atoms with Crippen molar-refractivity contribution in [1.29, 1.82) is 0 Å². The maximum Gasteiger partial charge on any atom is 0.322 e. The maximum absolute atomic E-state index is 13.0. The number of rotatable bonds is 2. The summed E-state index contributed by atoms with van der Waals surface area (Å²) in [5.41, 5.74) is 6.00. The molecule has 5 nitrogen and oxygen atoms in total. The third-order valence-electron chi connectivity index (χ3n) is 5.97. The number of urea groups is 1. The second kappa shape index (κ2) is 7.65. The summed E-state index contributed by atoms with van der Waals surface area (Å²) < 4.78 is 0. The molecule has 0 saturated carbocycles. The molecule has 2 amide bonds. The number of nitrogens with zero attached hydrogens (tertiary/aromatic N) is 3. The predicted octanol–water partition coefficient (Wildman–Crippen LogP) is 5.05. The molecule has 1 aromatic heterocycles. The summed E-state index contributed by atoms with van der Waals surface area (Å²) >= 11 is 6.29. The quantitative estimate of drug-likeness (QED) is 0.495. The molecule has 6 heteroatoms. The van der Waals surface area contributed by atoms with Gasteiger partial charge in [-0.05, 0) is 59.9 Å². The van der Waals surface area contributed by atoms with Gasteiger partial charge in [-0.2, -0.15) is 0 Å². The SMILES string of the molecule is CC1CN(c2ncccc2Cl)CCN1C(=O)Nc1ccc2c(c1)Cc1ccccc1-2. The van der Waals surface area contributed by atoms with Crippen LogP contribution >= 0.6 is 11.6 Å². The van der Waals surface area contributed by atoms with Crippen molar-refractivity contribution in [2.24, 2.45) is 0 Å². The van der Waals surface area contributed by atoms with E-state index < -0.39 is 0 Å². The summed E-state index contributed by atoms with van der Waals surface area (Å²) in [5, 5.41) is 3.73. The Labute approximate surface area is 181 Å². The van der Waals surface area contributed by atoms with Crippen LogP contribution in [0.15, 0.2) is 60.8 Å². The molecule has 3 aromatic rings. The van der Waals surface area contributed by atoms with Gasteiger partial charge in [0, 0.05) is 37.6 Å². The van der Waals surface area contributed by atoms with Crippen molar-refractivity contribution in [3.05, 3.63) is 76.9 Å². The van der Waals surface area contributed by atoms with E-state index in [1.54, 1.807) is 6.20 Å². The number of hydrogen-bond donors (Lipinski definition) is 1. The fraction of sp³-hybridized carbons (Fsp3) is 0.250. The van der Waals surface area contributed by atoms with Crippen molar-refractivity contribution >= 4 is 29.1 Å². The monoisotopic (exact) mass is 418 g/mol. The number of carbonyl (C=O) groups excluding carboxylic acids is 1. The highest BCUT2D eigenvalue weighted by Crippen LogP contribution is 2.37. The number of hydrogen-bond acceptors (Lipinski definition) is 3. The fourth-order valence-electron chi connectivity index (χ4n) is 4.48. The van der Waals surface area contributed by atoms with Crippen LogP contribution in [0.4, 0.5) is 16.3 Å². The Kier molecular flexibility index (Phi) is 4.83. The van der Waals surface area contributed by atoms with Crippen molar-refractivity contribution in [3.63, 3.8) is 0 Å². The van der Waals surface area contributed by atoms with Crippen molar-refractivity contribution in [3.8, 4) is 11.1 Å². The summed E-state index contributed by atoms with van der Waals surface area (Å²) in [6.45, 7) is 4.08. The van der Waals surface area contributed by atoms with E-state index in [1.807, 2.05) is 23.1 Å². The average Bonchev–Trinajstić information content (AvgIpc) is 3.11. The van der Waals surface area contributed by atoms with E-state index in [2.05, 4.69) is 58.5 Å². The van der Waals surface area contributed by atoms with E-state index >= 15 is 0 Å². The highest BCUT2D eigenvalue weighted by atomic mass is 35.5. The first kappa shape index (κ1) is 18.9. The Balaban J connectivity index is 1.27. The molecule has 1 N–H and O–H groups in total. The Hall–Kier alpha value is -3.05.